The first-order valence-electron chi connectivity index (χ1n) is 9.35. The van der Waals surface area contributed by atoms with Gasteiger partial charge in [-0.2, -0.15) is 0 Å². The minimum atomic E-state index is -0.599. The lowest BCUT2D eigenvalue weighted by Crippen LogP contribution is -2.35. The molecule has 27 heavy (non-hydrogen) atoms. The summed E-state index contributed by atoms with van der Waals surface area (Å²) in [6.45, 7) is 2.20. The molecule has 1 fully saturated rings. The highest BCUT2D eigenvalue weighted by molar-refractivity contribution is 6.04. The summed E-state index contributed by atoms with van der Waals surface area (Å²) in [6.07, 6.45) is 1.52. The second-order valence-corrected chi connectivity index (χ2v) is 7.18. The van der Waals surface area contributed by atoms with Crippen LogP contribution in [0, 0.1) is 5.41 Å². The molecule has 1 aliphatic rings. The Bertz CT molecular complexity index is 815. The molecule has 0 aromatic heterocycles. The first-order valence-corrected chi connectivity index (χ1v) is 9.35. The maximum Gasteiger partial charge on any atom is 0.253 e. The topological polar surface area (TPSA) is 69.6 Å². The van der Waals surface area contributed by atoms with E-state index in [1.165, 1.54) is 4.90 Å². The number of hydrogen-bond acceptors (Lipinski definition) is 3. The monoisotopic (exact) mass is 366 g/mol. The Labute approximate surface area is 160 Å². The molecule has 0 heterocycles. The maximum atomic E-state index is 12.8. The number of hydrogen-bond donors (Lipinski definition) is 2. The van der Waals surface area contributed by atoms with Crippen LogP contribution >= 0.6 is 0 Å². The number of aliphatic hydroxyl groups excluding tert-OH is 1. The van der Waals surface area contributed by atoms with E-state index in [9.17, 15) is 14.7 Å². The number of benzene rings is 2. The van der Waals surface area contributed by atoms with Crippen LogP contribution in [0.2, 0.25) is 0 Å². The lowest BCUT2D eigenvalue weighted by atomic mass is 9.92. The van der Waals surface area contributed by atoms with Gasteiger partial charge in [0.1, 0.15) is 0 Å². The summed E-state index contributed by atoms with van der Waals surface area (Å²) in [5, 5.41) is 13.7. The Kier molecular flexibility index (Phi) is 5.61. The van der Waals surface area contributed by atoms with Gasteiger partial charge in [-0.3, -0.25) is 9.59 Å². The van der Waals surface area contributed by atoms with Crippen molar-refractivity contribution in [2.45, 2.75) is 32.3 Å². The van der Waals surface area contributed by atoms with Crippen molar-refractivity contribution in [2.75, 3.05) is 18.5 Å². The molecule has 5 heteroatoms. The van der Waals surface area contributed by atoms with Gasteiger partial charge in [-0.15, -0.1) is 0 Å². The molecule has 1 unspecified atom stereocenters. The normalized spacial score (nSPS) is 15.7. The zero-order chi connectivity index (χ0) is 19.4. The summed E-state index contributed by atoms with van der Waals surface area (Å²) in [5.74, 6) is -0.277. The standard InChI is InChI=1S/C22H26N2O3/c1-3-19(25)24(2)18-12-8-7-11-17(18)21(27)23-15-22(13-14-22)20(26)16-9-5-4-6-10-16/h4-12,20,26H,3,13-15H2,1-2H3,(H,23,27). The first kappa shape index (κ1) is 19.1. The lowest BCUT2D eigenvalue weighted by Gasteiger charge is -2.24. The van der Waals surface area contributed by atoms with Gasteiger partial charge in [0.25, 0.3) is 5.91 Å². The van der Waals surface area contributed by atoms with Crippen LogP contribution in [0.15, 0.2) is 54.6 Å². The Morgan fingerprint density at radius 3 is 2.37 bits per heavy atom. The predicted molar refractivity (Wildman–Crippen MR) is 106 cm³/mol. The zero-order valence-corrected chi connectivity index (χ0v) is 15.8. The Hall–Kier alpha value is -2.66. The van der Waals surface area contributed by atoms with Crippen LogP contribution in [0.3, 0.4) is 0 Å². The summed E-state index contributed by atoms with van der Waals surface area (Å²) >= 11 is 0. The number of nitrogens with zero attached hydrogens (tertiary/aromatic N) is 1. The highest BCUT2D eigenvalue weighted by Gasteiger charge is 2.49. The lowest BCUT2D eigenvalue weighted by molar-refractivity contribution is -0.118. The molecule has 142 valence electrons. The smallest absolute Gasteiger partial charge is 0.253 e. The average molecular weight is 366 g/mol. The van der Waals surface area contributed by atoms with Gasteiger partial charge in [-0.25, -0.2) is 0 Å². The van der Waals surface area contributed by atoms with Gasteiger partial charge in [0.15, 0.2) is 0 Å². The number of aliphatic hydroxyl groups is 1. The molecule has 1 aliphatic carbocycles. The fourth-order valence-electron chi connectivity index (χ4n) is 3.38. The van der Waals surface area contributed by atoms with Crippen molar-refractivity contribution < 1.29 is 14.7 Å². The summed E-state index contributed by atoms with van der Waals surface area (Å²) in [7, 11) is 1.68. The summed E-state index contributed by atoms with van der Waals surface area (Å²) < 4.78 is 0. The molecule has 2 amide bonds. The van der Waals surface area contributed by atoms with Crippen LogP contribution in [-0.4, -0.2) is 30.5 Å². The number of anilines is 1. The van der Waals surface area contributed by atoms with Crippen LogP contribution in [0.4, 0.5) is 5.69 Å². The number of amides is 2. The fourth-order valence-corrected chi connectivity index (χ4v) is 3.38. The van der Waals surface area contributed by atoms with Crippen LogP contribution in [0.1, 0.15) is 48.2 Å². The molecule has 2 N–H and O–H groups in total. The van der Waals surface area contributed by atoms with E-state index in [1.54, 1.807) is 32.2 Å². The Morgan fingerprint density at radius 2 is 1.74 bits per heavy atom. The second kappa shape index (κ2) is 7.92. The van der Waals surface area contributed by atoms with Gasteiger partial charge in [0.05, 0.1) is 17.4 Å². The van der Waals surface area contributed by atoms with E-state index < -0.39 is 6.10 Å². The first-order chi connectivity index (χ1) is 13.0. The molecular weight excluding hydrogens is 340 g/mol. The minimum absolute atomic E-state index is 0.0478. The second-order valence-electron chi connectivity index (χ2n) is 7.18. The summed E-state index contributed by atoms with van der Waals surface area (Å²) in [6, 6.07) is 16.6. The fraction of sp³-hybridized carbons (Fsp3) is 0.364. The molecule has 0 spiro atoms. The van der Waals surface area contributed by atoms with E-state index in [2.05, 4.69) is 5.32 Å². The Morgan fingerprint density at radius 1 is 1.11 bits per heavy atom. The Balaban J connectivity index is 1.71. The molecule has 0 aliphatic heterocycles. The van der Waals surface area contributed by atoms with Crippen molar-refractivity contribution in [3.8, 4) is 0 Å². The van der Waals surface area contributed by atoms with E-state index in [0.29, 0.717) is 24.2 Å². The number of nitrogens with one attached hydrogen (secondary N) is 1. The highest BCUT2D eigenvalue weighted by atomic mass is 16.3. The molecule has 0 bridgehead atoms. The SMILES string of the molecule is CCC(=O)N(C)c1ccccc1C(=O)NCC1(C(O)c2ccccc2)CC1. The van der Waals surface area contributed by atoms with Gasteiger partial charge < -0.3 is 15.3 Å². The van der Waals surface area contributed by atoms with E-state index in [-0.39, 0.29) is 17.2 Å². The average Bonchev–Trinajstić information content (AvgIpc) is 3.52. The zero-order valence-electron chi connectivity index (χ0n) is 15.8. The largest absolute Gasteiger partial charge is 0.388 e. The molecule has 2 aromatic rings. The number of rotatable bonds is 7. The molecule has 2 aromatic carbocycles. The molecule has 1 atom stereocenters. The van der Waals surface area contributed by atoms with Crippen molar-refractivity contribution in [3.05, 3.63) is 65.7 Å². The number of para-hydroxylation sites is 1. The third-order valence-electron chi connectivity index (χ3n) is 5.38. The van der Waals surface area contributed by atoms with Gasteiger partial charge in [0, 0.05) is 25.4 Å². The van der Waals surface area contributed by atoms with Crippen molar-refractivity contribution in [2.24, 2.45) is 5.41 Å². The third kappa shape index (κ3) is 4.03. The molecule has 5 nitrogen and oxygen atoms in total. The van der Waals surface area contributed by atoms with E-state index in [4.69, 9.17) is 0 Å². The van der Waals surface area contributed by atoms with E-state index >= 15 is 0 Å². The molecule has 1 saturated carbocycles. The van der Waals surface area contributed by atoms with Gasteiger partial charge in [-0.1, -0.05) is 49.4 Å². The molecule has 3 rings (SSSR count). The quantitative estimate of drug-likeness (QED) is 0.790. The molecule has 0 radical (unpaired) electrons. The van der Waals surface area contributed by atoms with Crippen LogP contribution in [-0.2, 0) is 4.79 Å². The van der Waals surface area contributed by atoms with Gasteiger partial charge in [0.2, 0.25) is 5.91 Å². The van der Waals surface area contributed by atoms with Crippen LogP contribution in [0.25, 0.3) is 0 Å². The van der Waals surface area contributed by atoms with Gasteiger partial charge in [-0.05, 0) is 30.5 Å². The van der Waals surface area contributed by atoms with Crippen molar-refractivity contribution >= 4 is 17.5 Å². The highest BCUT2D eigenvalue weighted by Crippen LogP contribution is 2.54. The van der Waals surface area contributed by atoms with E-state index in [1.807, 2.05) is 36.4 Å². The predicted octanol–water partition coefficient (Wildman–Crippen LogP) is 3.30. The van der Waals surface area contributed by atoms with Crippen molar-refractivity contribution in [1.29, 1.82) is 0 Å². The van der Waals surface area contributed by atoms with E-state index in [0.717, 1.165) is 18.4 Å². The van der Waals surface area contributed by atoms with Crippen molar-refractivity contribution in [1.82, 2.24) is 5.32 Å². The molecular formula is C22H26N2O3. The van der Waals surface area contributed by atoms with Crippen LogP contribution in [0.5, 0.6) is 0 Å². The van der Waals surface area contributed by atoms with Crippen LogP contribution < -0.4 is 10.2 Å². The third-order valence-corrected chi connectivity index (χ3v) is 5.38. The number of carbonyl (C=O) groups is 2. The number of carbonyl (C=O) groups excluding carboxylic acids is 2. The van der Waals surface area contributed by atoms with Gasteiger partial charge >= 0.3 is 0 Å². The van der Waals surface area contributed by atoms with Crippen molar-refractivity contribution in [3.63, 3.8) is 0 Å². The minimum Gasteiger partial charge on any atom is -0.388 e. The maximum absolute atomic E-state index is 12.8. The molecule has 0 saturated heterocycles. The summed E-state index contributed by atoms with van der Waals surface area (Å²) in [4.78, 5) is 26.3. The summed E-state index contributed by atoms with van der Waals surface area (Å²) in [5.41, 5.74) is 1.62.